The Balaban J connectivity index is 1.73. The third kappa shape index (κ3) is 2.81. The molecule has 5 nitrogen and oxygen atoms in total. The number of benzene rings is 2. The van der Waals surface area contributed by atoms with Gasteiger partial charge >= 0.3 is 0 Å². The van der Waals surface area contributed by atoms with Crippen LogP contribution in [-0.4, -0.2) is 11.0 Å². The van der Waals surface area contributed by atoms with E-state index in [2.05, 4.69) is 29.6 Å². The number of nitro benzene ring substituents is 1. The second-order valence-electron chi connectivity index (χ2n) is 5.38. The van der Waals surface area contributed by atoms with Crippen molar-refractivity contribution >= 4 is 17.1 Å². The largest absolute Gasteiger partial charge is 0.393 e. The fourth-order valence-electron chi connectivity index (χ4n) is 2.87. The summed E-state index contributed by atoms with van der Waals surface area (Å²) < 4.78 is 0. The number of rotatable bonds is 3. The van der Waals surface area contributed by atoms with E-state index >= 15 is 0 Å². The molecule has 0 radical (unpaired) electrons. The third-order valence-electron chi connectivity index (χ3n) is 3.94. The van der Waals surface area contributed by atoms with Gasteiger partial charge in [-0.1, -0.05) is 24.3 Å². The highest BCUT2D eigenvalue weighted by atomic mass is 16.6. The van der Waals surface area contributed by atoms with Gasteiger partial charge in [-0.25, -0.2) is 0 Å². The molecule has 2 aromatic carbocycles. The van der Waals surface area contributed by atoms with Crippen LogP contribution in [0.3, 0.4) is 0 Å². The van der Waals surface area contributed by atoms with E-state index in [0.717, 1.165) is 24.9 Å². The number of anilines is 2. The molecule has 2 aromatic rings. The molecule has 1 atom stereocenters. The molecule has 108 valence electrons. The first-order valence-corrected chi connectivity index (χ1v) is 7.01. The molecule has 0 bridgehead atoms. The Bertz CT molecular complexity index is 685. The summed E-state index contributed by atoms with van der Waals surface area (Å²) in [7, 11) is 0. The van der Waals surface area contributed by atoms with Gasteiger partial charge in [-0.2, -0.15) is 0 Å². The van der Waals surface area contributed by atoms with Crippen LogP contribution in [0.4, 0.5) is 17.1 Å². The lowest BCUT2D eigenvalue weighted by atomic mass is 9.88. The van der Waals surface area contributed by atoms with Crippen LogP contribution in [0.25, 0.3) is 0 Å². The first kappa shape index (κ1) is 13.4. The molecule has 0 fully saturated rings. The Labute approximate surface area is 122 Å². The van der Waals surface area contributed by atoms with E-state index in [1.807, 2.05) is 0 Å². The van der Waals surface area contributed by atoms with Gasteiger partial charge in [0.2, 0.25) is 0 Å². The number of hydrogen-bond donors (Lipinski definition) is 2. The van der Waals surface area contributed by atoms with Crippen molar-refractivity contribution in [2.75, 3.05) is 11.1 Å². The first-order valence-electron chi connectivity index (χ1n) is 7.01. The fourth-order valence-corrected chi connectivity index (χ4v) is 2.87. The Kier molecular flexibility index (Phi) is 3.48. The quantitative estimate of drug-likeness (QED) is 0.515. The summed E-state index contributed by atoms with van der Waals surface area (Å²) in [5.74, 6) is 0. The van der Waals surface area contributed by atoms with Crippen molar-refractivity contribution in [3.05, 3.63) is 63.7 Å². The Morgan fingerprint density at radius 1 is 1.19 bits per heavy atom. The van der Waals surface area contributed by atoms with E-state index < -0.39 is 4.92 Å². The summed E-state index contributed by atoms with van der Waals surface area (Å²) in [5.41, 5.74) is 9.49. The maximum Gasteiger partial charge on any atom is 0.292 e. The topological polar surface area (TPSA) is 81.2 Å². The third-order valence-corrected chi connectivity index (χ3v) is 3.94. The minimum absolute atomic E-state index is 0.0467. The van der Waals surface area contributed by atoms with Crippen LogP contribution in [0, 0.1) is 10.1 Å². The predicted octanol–water partition coefficient (Wildman–Crippen LogP) is 3.15. The van der Waals surface area contributed by atoms with Crippen molar-refractivity contribution in [3.63, 3.8) is 0 Å². The van der Waals surface area contributed by atoms with Gasteiger partial charge in [-0.05, 0) is 42.5 Å². The lowest BCUT2D eigenvalue weighted by Crippen LogP contribution is -2.27. The lowest BCUT2D eigenvalue weighted by molar-refractivity contribution is -0.383. The summed E-state index contributed by atoms with van der Waals surface area (Å²) in [6, 6.07) is 13.6. The van der Waals surface area contributed by atoms with Gasteiger partial charge in [0.15, 0.2) is 0 Å². The van der Waals surface area contributed by atoms with Gasteiger partial charge in [0, 0.05) is 17.8 Å². The molecule has 5 heteroatoms. The Hall–Kier alpha value is -2.56. The van der Waals surface area contributed by atoms with Crippen molar-refractivity contribution < 1.29 is 4.92 Å². The van der Waals surface area contributed by atoms with Gasteiger partial charge in [0.1, 0.15) is 5.69 Å². The highest BCUT2D eigenvalue weighted by molar-refractivity contribution is 5.66. The maximum absolute atomic E-state index is 10.8. The standard InChI is InChI=1S/C16H17N3O2/c17-15-10-14(7-8-16(15)19(20)21)18-13-6-5-11-3-1-2-4-12(11)9-13/h1-4,7-8,10,13,18H,5-6,9,17H2. The molecule has 0 saturated heterocycles. The van der Waals surface area contributed by atoms with Crippen LogP contribution in [0.15, 0.2) is 42.5 Å². The molecule has 0 amide bonds. The first-order chi connectivity index (χ1) is 10.1. The number of nitro groups is 1. The van der Waals surface area contributed by atoms with Crippen molar-refractivity contribution in [2.45, 2.75) is 25.3 Å². The van der Waals surface area contributed by atoms with E-state index in [4.69, 9.17) is 5.73 Å². The molecule has 3 rings (SSSR count). The molecular weight excluding hydrogens is 266 g/mol. The van der Waals surface area contributed by atoms with Crippen LogP contribution in [-0.2, 0) is 12.8 Å². The molecule has 3 N–H and O–H groups in total. The number of nitrogens with two attached hydrogens (primary N) is 1. The van der Waals surface area contributed by atoms with Crippen molar-refractivity contribution in [1.82, 2.24) is 0 Å². The lowest BCUT2D eigenvalue weighted by Gasteiger charge is -2.26. The molecule has 1 aliphatic rings. The number of hydrogen-bond acceptors (Lipinski definition) is 4. The second kappa shape index (κ2) is 5.44. The fraction of sp³-hybridized carbons (Fsp3) is 0.250. The number of nitrogen functional groups attached to an aromatic ring is 1. The van der Waals surface area contributed by atoms with E-state index in [1.54, 1.807) is 12.1 Å². The highest BCUT2D eigenvalue weighted by Crippen LogP contribution is 2.27. The Morgan fingerprint density at radius 2 is 1.95 bits per heavy atom. The zero-order chi connectivity index (χ0) is 14.8. The number of nitrogens with zero attached hydrogens (tertiary/aromatic N) is 1. The predicted molar refractivity (Wildman–Crippen MR) is 83.4 cm³/mol. The molecule has 0 saturated carbocycles. The van der Waals surface area contributed by atoms with Crippen LogP contribution in [0.1, 0.15) is 17.5 Å². The van der Waals surface area contributed by atoms with E-state index in [9.17, 15) is 10.1 Å². The maximum atomic E-state index is 10.8. The normalized spacial score (nSPS) is 17.0. The molecule has 1 unspecified atom stereocenters. The summed E-state index contributed by atoms with van der Waals surface area (Å²) >= 11 is 0. The van der Waals surface area contributed by atoms with E-state index in [-0.39, 0.29) is 11.4 Å². The van der Waals surface area contributed by atoms with Crippen LogP contribution < -0.4 is 11.1 Å². The van der Waals surface area contributed by atoms with Crippen molar-refractivity contribution in [1.29, 1.82) is 0 Å². The SMILES string of the molecule is Nc1cc(NC2CCc3ccccc3C2)ccc1[N+](=O)[O-]. The van der Waals surface area contributed by atoms with Crippen molar-refractivity contribution in [3.8, 4) is 0 Å². The number of nitrogens with one attached hydrogen (secondary N) is 1. The average molecular weight is 283 g/mol. The molecule has 21 heavy (non-hydrogen) atoms. The van der Waals surface area contributed by atoms with Crippen LogP contribution in [0.5, 0.6) is 0 Å². The molecular formula is C16H17N3O2. The second-order valence-corrected chi connectivity index (χ2v) is 5.38. The number of aryl methyl sites for hydroxylation is 1. The summed E-state index contributed by atoms with van der Waals surface area (Å²) in [5, 5.41) is 14.2. The summed E-state index contributed by atoms with van der Waals surface area (Å²) in [6.45, 7) is 0. The molecule has 1 aliphatic carbocycles. The summed E-state index contributed by atoms with van der Waals surface area (Å²) in [6.07, 6.45) is 3.07. The van der Waals surface area contributed by atoms with Gasteiger partial charge in [-0.15, -0.1) is 0 Å². The van der Waals surface area contributed by atoms with Crippen LogP contribution >= 0.6 is 0 Å². The van der Waals surface area contributed by atoms with E-state index in [0.29, 0.717) is 6.04 Å². The van der Waals surface area contributed by atoms with E-state index in [1.165, 1.54) is 17.2 Å². The smallest absolute Gasteiger partial charge is 0.292 e. The van der Waals surface area contributed by atoms with Gasteiger partial charge in [0.05, 0.1) is 4.92 Å². The summed E-state index contributed by atoms with van der Waals surface area (Å²) in [4.78, 5) is 10.3. The molecule has 0 spiro atoms. The minimum Gasteiger partial charge on any atom is -0.393 e. The highest BCUT2D eigenvalue weighted by Gasteiger charge is 2.19. The van der Waals surface area contributed by atoms with Crippen LogP contribution in [0.2, 0.25) is 0 Å². The van der Waals surface area contributed by atoms with Gasteiger partial charge in [-0.3, -0.25) is 10.1 Å². The van der Waals surface area contributed by atoms with Gasteiger partial charge < -0.3 is 11.1 Å². The molecule has 0 heterocycles. The molecule has 0 aromatic heterocycles. The Morgan fingerprint density at radius 3 is 2.67 bits per heavy atom. The van der Waals surface area contributed by atoms with Crippen molar-refractivity contribution in [2.24, 2.45) is 0 Å². The zero-order valence-electron chi connectivity index (χ0n) is 11.6. The number of fused-ring (bicyclic) bond motifs is 1. The minimum atomic E-state index is -0.462. The monoisotopic (exact) mass is 283 g/mol. The molecule has 0 aliphatic heterocycles. The average Bonchev–Trinajstić information content (AvgIpc) is 2.47. The van der Waals surface area contributed by atoms with Gasteiger partial charge in [0.25, 0.3) is 5.69 Å². The zero-order valence-corrected chi connectivity index (χ0v) is 11.6.